The van der Waals surface area contributed by atoms with Gasteiger partial charge in [0, 0.05) is 14.1 Å². The fraction of sp³-hybridized carbons (Fsp3) is 0.222. The monoisotopic (exact) mass is 352 g/mol. The van der Waals surface area contributed by atoms with E-state index >= 15 is 0 Å². The number of aryl methyl sites for hydroxylation is 1. The van der Waals surface area contributed by atoms with Crippen LogP contribution >= 0.6 is 0 Å². The minimum atomic E-state index is -0.518. The third-order valence-corrected chi connectivity index (χ3v) is 4.02. The molecule has 0 spiro atoms. The number of amides is 1. The fourth-order valence-electron chi connectivity index (χ4n) is 2.64. The van der Waals surface area contributed by atoms with Gasteiger partial charge in [0.05, 0.1) is 24.7 Å². The molecule has 26 heavy (non-hydrogen) atoms. The topological polar surface area (TPSA) is 90.3 Å². The van der Waals surface area contributed by atoms with Crippen molar-refractivity contribution in [1.29, 1.82) is 0 Å². The molecule has 0 N–H and O–H groups in total. The third kappa shape index (κ3) is 2.91. The highest BCUT2D eigenvalue weighted by molar-refractivity contribution is 5.94. The molecular weight excluding hydrogens is 336 g/mol. The number of aromatic nitrogens is 3. The number of pyridine rings is 1. The molecule has 0 aromatic carbocycles. The van der Waals surface area contributed by atoms with E-state index in [1.807, 2.05) is 0 Å². The van der Waals surface area contributed by atoms with Gasteiger partial charge in [-0.1, -0.05) is 5.92 Å². The number of nitrogens with zero attached hydrogens (tertiary/aromatic N) is 4. The molecule has 0 bridgehead atoms. The molecule has 0 saturated carbocycles. The van der Waals surface area contributed by atoms with Gasteiger partial charge in [-0.2, -0.15) is 0 Å². The summed E-state index contributed by atoms with van der Waals surface area (Å²) >= 11 is 0. The van der Waals surface area contributed by atoms with Crippen LogP contribution in [0, 0.1) is 12.3 Å². The van der Waals surface area contributed by atoms with Crippen molar-refractivity contribution in [3.05, 3.63) is 62.8 Å². The Bertz CT molecular complexity index is 1130. The van der Waals surface area contributed by atoms with E-state index in [1.165, 1.54) is 42.0 Å². The standard InChI is InChI=1S/C18H16N4O4/c1-4-9-22(11-12-6-5-10-26-12)17(24)14-8-7-13-15(19-14)20(2)18(25)21(3)16(13)23/h1,5-8,10H,9,11H2,2-3H3. The lowest BCUT2D eigenvalue weighted by molar-refractivity contribution is 0.0749. The molecule has 0 aliphatic heterocycles. The summed E-state index contributed by atoms with van der Waals surface area (Å²) in [6.45, 7) is 0.250. The zero-order chi connectivity index (χ0) is 18.8. The maximum atomic E-state index is 12.8. The van der Waals surface area contributed by atoms with Crippen LogP contribution in [0.25, 0.3) is 11.0 Å². The maximum absolute atomic E-state index is 12.8. The summed E-state index contributed by atoms with van der Waals surface area (Å²) in [6, 6.07) is 6.38. The molecule has 132 valence electrons. The van der Waals surface area contributed by atoms with Crippen molar-refractivity contribution >= 4 is 16.9 Å². The van der Waals surface area contributed by atoms with E-state index in [1.54, 1.807) is 12.1 Å². The molecule has 0 aliphatic rings. The highest BCUT2D eigenvalue weighted by atomic mass is 16.3. The normalized spacial score (nSPS) is 10.7. The second kappa shape index (κ2) is 6.72. The molecule has 0 fully saturated rings. The van der Waals surface area contributed by atoms with E-state index in [4.69, 9.17) is 10.8 Å². The number of hydrogen-bond acceptors (Lipinski definition) is 5. The van der Waals surface area contributed by atoms with E-state index in [-0.39, 0.29) is 29.8 Å². The third-order valence-electron chi connectivity index (χ3n) is 4.02. The molecule has 0 aliphatic carbocycles. The van der Waals surface area contributed by atoms with Gasteiger partial charge in [-0.05, 0) is 24.3 Å². The fourth-order valence-corrected chi connectivity index (χ4v) is 2.64. The summed E-state index contributed by atoms with van der Waals surface area (Å²) in [4.78, 5) is 42.7. The van der Waals surface area contributed by atoms with E-state index < -0.39 is 17.2 Å². The first kappa shape index (κ1) is 17.2. The van der Waals surface area contributed by atoms with E-state index in [2.05, 4.69) is 10.9 Å². The van der Waals surface area contributed by atoms with Crippen molar-refractivity contribution in [2.24, 2.45) is 14.1 Å². The maximum Gasteiger partial charge on any atom is 0.332 e. The summed E-state index contributed by atoms with van der Waals surface area (Å²) in [5.74, 6) is 2.59. The Kier molecular flexibility index (Phi) is 4.45. The summed E-state index contributed by atoms with van der Waals surface area (Å²) in [6.07, 6.45) is 6.87. The second-order valence-electron chi connectivity index (χ2n) is 5.72. The number of carbonyl (C=O) groups excluding carboxylic acids is 1. The molecule has 3 aromatic heterocycles. The lowest BCUT2D eigenvalue weighted by atomic mass is 10.2. The van der Waals surface area contributed by atoms with Gasteiger partial charge in [0.15, 0.2) is 0 Å². The van der Waals surface area contributed by atoms with Gasteiger partial charge < -0.3 is 9.32 Å². The van der Waals surface area contributed by atoms with E-state index in [9.17, 15) is 14.4 Å². The summed E-state index contributed by atoms with van der Waals surface area (Å²) in [5.41, 5.74) is -0.758. The number of fused-ring (bicyclic) bond motifs is 1. The smallest absolute Gasteiger partial charge is 0.332 e. The molecule has 0 unspecified atom stereocenters. The first-order chi connectivity index (χ1) is 12.4. The van der Waals surface area contributed by atoms with Gasteiger partial charge in [0.1, 0.15) is 17.1 Å². The van der Waals surface area contributed by atoms with Gasteiger partial charge >= 0.3 is 5.69 Å². The highest BCUT2D eigenvalue weighted by Crippen LogP contribution is 2.12. The Morgan fingerprint density at radius 3 is 2.69 bits per heavy atom. The average Bonchev–Trinajstić information content (AvgIpc) is 3.16. The van der Waals surface area contributed by atoms with Crippen LogP contribution in [0.15, 0.2) is 44.5 Å². The number of carbonyl (C=O) groups is 1. The van der Waals surface area contributed by atoms with Crippen molar-refractivity contribution in [2.75, 3.05) is 6.54 Å². The highest BCUT2D eigenvalue weighted by Gasteiger charge is 2.20. The molecule has 8 nitrogen and oxygen atoms in total. The Morgan fingerprint density at radius 1 is 1.27 bits per heavy atom. The van der Waals surface area contributed by atoms with Crippen LogP contribution < -0.4 is 11.2 Å². The lowest BCUT2D eigenvalue weighted by Crippen LogP contribution is -2.38. The zero-order valence-corrected chi connectivity index (χ0v) is 14.3. The second-order valence-corrected chi connectivity index (χ2v) is 5.72. The van der Waals surface area contributed by atoms with Gasteiger partial charge in [0.25, 0.3) is 11.5 Å². The predicted molar refractivity (Wildman–Crippen MR) is 94.5 cm³/mol. The first-order valence-electron chi connectivity index (χ1n) is 7.76. The molecule has 8 heteroatoms. The largest absolute Gasteiger partial charge is 0.467 e. The van der Waals surface area contributed by atoms with Crippen molar-refractivity contribution in [1.82, 2.24) is 19.0 Å². The van der Waals surface area contributed by atoms with Crippen molar-refractivity contribution in [3.63, 3.8) is 0 Å². The lowest BCUT2D eigenvalue weighted by Gasteiger charge is -2.19. The summed E-state index contributed by atoms with van der Waals surface area (Å²) in [5, 5.41) is 0.251. The molecule has 0 saturated heterocycles. The van der Waals surface area contributed by atoms with Crippen LogP contribution in [0.5, 0.6) is 0 Å². The van der Waals surface area contributed by atoms with Crippen molar-refractivity contribution in [3.8, 4) is 12.3 Å². The minimum absolute atomic E-state index is 0.0642. The Balaban J connectivity index is 2.06. The number of furan rings is 1. The number of hydrogen-bond donors (Lipinski definition) is 0. The van der Waals surface area contributed by atoms with Crippen LogP contribution in [-0.2, 0) is 20.6 Å². The molecule has 3 rings (SSSR count). The van der Waals surface area contributed by atoms with Crippen molar-refractivity contribution in [2.45, 2.75) is 6.54 Å². The van der Waals surface area contributed by atoms with Gasteiger partial charge in [-0.3, -0.25) is 18.7 Å². The molecule has 0 atom stereocenters. The van der Waals surface area contributed by atoms with Crippen molar-refractivity contribution < 1.29 is 9.21 Å². The van der Waals surface area contributed by atoms with Gasteiger partial charge in [-0.15, -0.1) is 6.42 Å². The van der Waals surface area contributed by atoms with Gasteiger partial charge in [-0.25, -0.2) is 9.78 Å². The van der Waals surface area contributed by atoms with Crippen LogP contribution in [-0.4, -0.2) is 31.5 Å². The molecule has 3 heterocycles. The molecular formula is C18H16N4O4. The first-order valence-corrected chi connectivity index (χ1v) is 7.76. The Labute approximate surface area is 148 Å². The quantitative estimate of drug-likeness (QED) is 0.638. The average molecular weight is 352 g/mol. The Hall–Kier alpha value is -3.60. The van der Waals surface area contributed by atoms with Crippen LogP contribution in [0.4, 0.5) is 0 Å². The van der Waals surface area contributed by atoms with Gasteiger partial charge in [0.2, 0.25) is 0 Å². The SMILES string of the molecule is C#CCN(Cc1ccco1)C(=O)c1ccc2c(=O)n(C)c(=O)n(C)c2n1. The zero-order valence-electron chi connectivity index (χ0n) is 14.3. The number of rotatable bonds is 4. The van der Waals surface area contributed by atoms with Crippen LogP contribution in [0.2, 0.25) is 0 Å². The summed E-state index contributed by atoms with van der Waals surface area (Å²) in [7, 11) is 2.88. The van der Waals surface area contributed by atoms with E-state index in [0.717, 1.165) is 4.57 Å². The van der Waals surface area contributed by atoms with Crippen LogP contribution in [0.3, 0.4) is 0 Å². The molecule has 3 aromatic rings. The number of terminal acetylenes is 1. The molecule has 0 radical (unpaired) electrons. The minimum Gasteiger partial charge on any atom is -0.467 e. The van der Waals surface area contributed by atoms with E-state index in [0.29, 0.717) is 5.76 Å². The van der Waals surface area contributed by atoms with Crippen LogP contribution in [0.1, 0.15) is 16.2 Å². The Morgan fingerprint density at radius 2 is 2.04 bits per heavy atom. The predicted octanol–water partition coefficient (Wildman–Crippen LogP) is 0.501. The summed E-state index contributed by atoms with van der Waals surface area (Å²) < 4.78 is 7.48. The molecule has 1 amide bonds.